The summed E-state index contributed by atoms with van der Waals surface area (Å²) in [5, 5.41) is 0. The number of methoxy groups -OCH3 is 1. The molecule has 6 heteroatoms. The van der Waals surface area contributed by atoms with Crippen LogP contribution in [0.4, 0.5) is 17.6 Å². The van der Waals surface area contributed by atoms with E-state index in [9.17, 15) is 17.6 Å². The molecule has 0 saturated heterocycles. The molecule has 0 heterocycles. The molecule has 2 atom stereocenters. The normalized spacial score (nSPS) is 14.2. The number of alkyl halides is 3. The largest absolute Gasteiger partial charge is 0.461 e. The van der Waals surface area contributed by atoms with Gasteiger partial charge in [-0.05, 0) is 48.2 Å². The van der Waals surface area contributed by atoms with Crippen molar-refractivity contribution in [1.82, 2.24) is 0 Å². The van der Waals surface area contributed by atoms with Crippen molar-refractivity contribution < 1.29 is 27.0 Å². The maximum Gasteiger partial charge on any atom is 0.416 e. The number of benzene rings is 2. The minimum atomic E-state index is -4.65. The fraction of sp³-hybridized carbons (Fsp3) is 0.368. The number of rotatable bonds is 6. The molecule has 0 N–H and O–H groups in total. The summed E-state index contributed by atoms with van der Waals surface area (Å²) in [5.74, 6) is -0.177. The van der Waals surface area contributed by atoms with Gasteiger partial charge in [0.15, 0.2) is 0 Å². The zero-order chi connectivity index (χ0) is 18.6. The quantitative estimate of drug-likeness (QED) is 0.461. The van der Waals surface area contributed by atoms with Gasteiger partial charge >= 0.3 is 6.18 Å². The van der Waals surface area contributed by atoms with E-state index in [4.69, 9.17) is 9.47 Å². The van der Waals surface area contributed by atoms with Crippen LogP contribution < -0.4 is 4.74 Å². The van der Waals surface area contributed by atoms with Crippen molar-refractivity contribution in [2.75, 3.05) is 7.11 Å². The van der Waals surface area contributed by atoms with Gasteiger partial charge in [0.1, 0.15) is 11.6 Å². The summed E-state index contributed by atoms with van der Waals surface area (Å²) in [6.07, 6.45) is -4.80. The molecule has 0 aliphatic heterocycles. The Morgan fingerprint density at radius 3 is 2.16 bits per heavy atom. The highest BCUT2D eigenvalue weighted by molar-refractivity contribution is 5.31. The molecule has 136 valence electrons. The molecule has 0 amide bonds. The summed E-state index contributed by atoms with van der Waals surface area (Å²) >= 11 is 0. The summed E-state index contributed by atoms with van der Waals surface area (Å²) in [6.45, 7) is 4.18. The highest BCUT2D eigenvalue weighted by atomic mass is 19.4. The van der Waals surface area contributed by atoms with Gasteiger partial charge in [0.05, 0.1) is 5.56 Å². The van der Waals surface area contributed by atoms with Crippen LogP contribution in [0.25, 0.3) is 0 Å². The zero-order valence-electron chi connectivity index (χ0n) is 14.2. The lowest BCUT2D eigenvalue weighted by molar-refractivity contribution is -0.138. The Balaban J connectivity index is 2.24. The molecule has 2 rings (SSSR count). The molecule has 0 aromatic heterocycles. The number of hydrogen-bond acceptors (Lipinski definition) is 2. The number of ether oxygens (including phenoxy) is 2. The van der Waals surface area contributed by atoms with Crippen LogP contribution in [0, 0.1) is 5.82 Å². The van der Waals surface area contributed by atoms with Crippen LogP contribution >= 0.6 is 0 Å². The van der Waals surface area contributed by atoms with E-state index in [1.165, 1.54) is 7.11 Å². The van der Waals surface area contributed by atoms with Crippen molar-refractivity contribution in [3.05, 3.63) is 65.0 Å². The molecule has 25 heavy (non-hydrogen) atoms. The maximum atomic E-state index is 13.6. The SMILES string of the molecule is CCC(C)c1ccc(OC(OC)c2cc(F)cc(C(F)(F)F)c2)cc1. The average molecular weight is 356 g/mol. The van der Waals surface area contributed by atoms with E-state index in [0.717, 1.165) is 24.1 Å². The second kappa shape index (κ2) is 7.87. The molecule has 2 aromatic carbocycles. The molecule has 0 fully saturated rings. The predicted octanol–water partition coefficient (Wildman–Crippen LogP) is 6.08. The standard InChI is InChI=1S/C19H20F4O2/c1-4-12(2)13-5-7-17(8-6-13)25-18(24-3)14-9-15(19(21,22)23)11-16(20)10-14/h5-12,18H,4H2,1-3H3. The van der Waals surface area contributed by atoms with Crippen molar-refractivity contribution in [2.45, 2.75) is 38.7 Å². The predicted molar refractivity (Wildman–Crippen MR) is 86.9 cm³/mol. The fourth-order valence-electron chi connectivity index (χ4n) is 2.40. The van der Waals surface area contributed by atoms with Gasteiger partial charge in [-0.25, -0.2) is 4.39 Å². The molecule has 0 spiro atoms. The Hall–Kier alpha value is -2.08. The van der Waals surface area contributed by atoms with Gasteiger partial charge in [-0.15, -0.1) is 0 Å². The van der Waals surface area contributed by atoms with E-state index >= 15 is 0 Å². The Morgan fingerprint density at radius 2 is 1.64 bits per heavy atom. The first-order chi connectivity index (χ1) is 11.7. The number of halogens is 4. The molecular formula is C19H20F4O2. The Morgan fingerprint density at radius 1 is 1.00 bits per heavy atom. The monoisotopic (exact) mass is 356 g/mol. The summed E-state index contributed by atoms with van der Waals surface area (Å²) in [5.41, 5.74) is 0.00928. The van der Waals surface area contributed by atoms with Crippen LogP contribution in [0.5, 0.6) is 5.75 Å². The topological polar surface area (TPSA) is 18.5 Å². The van der Waals surface area contributed by atoms with Gasteiger partial charge in [-0.1, -0.05) is 26.0 Å². The highest BCUT2D eigenvalue weighted by Gasteiger charge is 2.32. The minimum absolute atomic E-state index is 0.0409. The third-order valence-electron chi connectivity index (χ3n) is 4.04. The van der Waals surface area contributed by atoms with E-state index in [0.29, 0.717) is 17.7 Å². The van der Waals surface area contributed by atoms with Crippen LogP contribution in [0.15, 0.2) is 42.5 Å². The molecule has 2 nitrogen and oxygen atoms in total. The highest BCUT2D eigenvalue weighted by Crippen LogP contribution is 2.33. The van der Waals surface area contributed by atoms with Gasteiger partial charge in [-0.3, -0.25) is 0 Å². The van der Waals surface area contributed by atoms with Gasteiger partial charge in [-0.2, -0.15) is 13.2 Å². The van der Waals surface area contributed by atoms with Gasteiger partial charge in [0.2, 0.25) is 6.29 Å². The Kier molecular flexibility index (Phi) is 6.06. The third kappa shape index (κ3) is 4.95. The van der Waals surface area contributed by atoms with Crippen LogP contribution in [0.3, 0.4) is 0 Å². The second-order valence-electron chi connectivity index (χ2n) is 5.83. The summed E-state index contributed by atoms with van der Waals surface area (Å²) in [4.78, 5) is 0. The maximum absolute atomic E-state index is 13.6. The van der Waals surface area contributed by atoms with E-state index in [-0.39, 0.29) is 5.56 Å². The van der Waals surface area contributed by atoms with Crippen molar-refractivity contribution in [3.63, 3.8) is 0 Å². The van der Waals surface area contributed by atoms with Crippen molar-refractivity contribution in [1.29, 1.82) is 0 Å². The van der Waals surface area contributed by atoms with Gasteiger partial charge in [0.25, 0.3) is 0 Å². The zero-order valence-corrected chi connectivity index (χ0v) is 14.2. The van der Waals surface area contributed by atoms with Crippen LogP contribution in [0.1, 0.15) is 49.2 Å². The van der Waals surface area contributed by atoms with Crippen molar-refractivity contribution in [2.24, 2.45) is 0 Å². The second-order valence-corrected chi connectivity index (χ2v) is 5.83. The molecule has 0 bridgehead atoms. The fourth-order valence-corrected chi connectivity index (χ4v) is 2.40. The lowest BCUT2D eigenvalue weighted by Crippen LogP contribution is -2.13. The molecule has 2 unspecified atom stereocenters. The first-order valence-corrected chi connectivity index (χ1v) is 7.91. The number of hydrogen-bond donors (Lipinski definition) is 0. The molecule has 0 aliphatic carbocycles. The van der Waals surface area contributed by atoms with E-state index in [1.807, 2.05) is 12.1 Å². The summed E-state index contributed by atoms with van der Waals surface area (Å²) < 4.78 is 62.8. The Labute approximate surface area is 144 Å². The summed E-state index contributed by atoms with van der Waals surface area (Å²) in [6, 6.07) is 9.46. The first-order valence-electron chi connectivity index (χ1n) is 7.91. The lowest BCUT2D eigenvalue weighted by atomic mass is 9.99. The lowest BCUT2D eigenvalue weighted by Gasteiger charge is -2.20. The van der Waals surface area contributed by atoms with Gasteiger partial charge < -0.3 is 9.47 Å². The average Bonchev–Trinajstić information content (AvgIpc) is 2.58. The van der Waals surface area contributed by atoms with Crippen LogP contribution in [-0.2, 0) is 10.9 Å². The molecular weight excluding hydrogens is 336 g/mol. The van der Waals surface area contributed by atoms with Crippen LogP contribution in [-0.4, -0.2) is 7.11 Å². The minimum Gasteiger partial charge on any atom is -0.461 e. The third-order valence-corrected chi connectivity index (χ3v) is 4.04. The van der Waals surface area contributed by atoms with Crippen LogP contribution in [0.2, 0.25) is 0 Å². The first kappa shape index (κ1) is 19.2. The summed E-state index contributed by atoms with van der Waals surface area (Å²) in [7, 11) is 1.29. The van der Waals surface area contributed by atoms with Crippen molar-refractivity contribution in [3.8, 4) is 5.75 Å². The van der Waals surface area contributed by atoms with Gasteiger partial charge in [0, 0.05) is 12.7 Å². The van der Waals surface area contributed by atoms with E-state index in [2.05, 4.69) is 13.8 Å². The Bertz CT molecular complexity index is 696. The molecule has 0 aliphatic rings. The van der Waals surface area contributed by atoms with Crippen molar-refractivity contribution >= 4 is 0 Å². The van der Waals surface area contributed by atoms with E-state index < -0.39 is 23.8 Å². The smallest absolute Gasteiger partial charge is 0.416 e. The molecule has 0 radical (unpaired) electrons. The molecule has 0 saturated carbocycles. The van der Waals surface area contributed by atoms with E-state index in [1.54, 1.807) is 12.1 Å². The molecule has 2 aromatic rings.